The van der Waals surface area contributed by atoms with Gasteiger partial charge in [-0.1, -0.05) is 23.9 Å². The van der Waals surface area contributed by atoms with E-state index in [4.69, 9.17) is 5.26 Å². The van der Waals surface area contributed by atoms with E-state index in [0.29, 0.717) is 11.4 Å². The Kier molecular flexibility index (Phi) is 4.58. The van der Waals surface area contributed by atoms with E-state index in [2.05, 4.69) is 4.98 Å². The quantitative estimate of drug-likeness (QED) is 0.780. The summed E-state index contributed by atoms with van der Waals surface area (Å²) in [6.07, 6.45) is 5.36. The standard InChI is InChI=1S/C11H10N2OS/c1-9(14)15-6-2-3-10-4-5-13-11(7-10)8-12/h2-5,7H,6H2,1H3. The Morgan fingerprint density at radius 1 is 1.73 bits per heavy atom. The van der Waals surface area contributed by atoms with Gasteiger partial charge in [-0.2, -0.15) is 5.26 Å². The Morgan fingerprint density at radius 3 is 3.20 bits per heavy atom. The fraction of sp³-hybridized carbons (Fsp3) is 0.182. The number of hydrogen-bond acceptors (Lipinski definition) is 4. The van der Waals surface area contributed by atoms with Crippen molar-refractivity contribution in [3.8, 4) is 6.07 Å². The maximum atomic E-state index is 10.6. The van der Waals surface area contributed by atoms with Crippen molar-refractivity contribution in [3.63, 3.8) is 0 Å². The molecule has 1 heterocycles. The summed E-state index contributed by atoms with van der Waals surface area (Å²) in [6.45, 7) is 1.54. The number of pyridine rings is 1. The van der Waals surface area contributed by atoms with Crippen LogP contribution in [-0.2, 0) is 4.79 Å². The highest BCUT2D eigenvalue weighted by molar-refractivity contribution is 8.13. The molecule has 0 saturated carbocycles. The minimum absolute atomic E-state index is 0.104. The molecule has 0 amide bonds. The van der Waals surface area contributed by atoms with Gasteiger partial charge in [0.25, 0.3) is 0 Å². The second-order valence-corrected chi connectivity index (χ2v) is 3.99. The molecule has 0 aliphatic rings. The van der Waals surface area contributed by atoms with Crippen molar-refractivity contribution in [2.75, 3.05) is 5.75 Å². The van der Waals surface area contributed by atoms with Crippen LogP contribution in [0.2, 0.25) is 0 Å². The number of carbonyl (C=O) groups is 1. The van der Waals surface area contributed by atoms with Gasteiger partial charge in [0.2, 0.25) is 0 Å². The Morgan fingerprint density at radius 2 is 2.53 bits per heavy atom. The first kappa shape index (κ1) is 11.5. The minimum Gasteiger partial charge on any atom is -0.288 e. The van der Waals surface area contributed by atoms with Crippen LogP contribution in [-0.4, -0.2) is 15.9 Å². The number of aromatic nitrogens is 1. The van der Waals surface area contributed by atoms with Gasteiger partial charge in [-0.25, -0.2) is 4.98 Å². The maximum Gasteiger partial charge on any atom is 0.186 e. The topological polar surface area (TPSA) is 53.8 Å². The van der Waals surface area contributed by atoms with Crippen molar-refractivity contribution in [3.05, 3.63) is 35.7 Å². The molecule has 0 radical (unpaired) electrons. The molecule has 0 atom stereocenters. The van der Waals surface area contributed by atoms with Crippen molar-refractivity contribution in [2.24, 2.45) is 0 Å². The van der Waals surface area contributed by atoms with Crippen molar-refractivity contribution in [1.29, 1.82) is 5.26 Å². The van der Waals surface area contributed by atoms with Crippen LogP contribution >= 0.6 is 11.8 Å². The van der Waals surface area contributed by atoms with Gasteiger partial charge in [-0.15, -0.1) is 0 Å². The largest absolute Gasteiger partial charge is 0.288 e. The second kappa shape index (κ2) is 5.99. The number of rotatable bonds is 3. The monoisotopic (exact) mass is 218 g/mol. The van der Waals surface area contributed by atoms with E-state index in [-0.39, 0.29) is 5.12 Å². The molecule has 0 fully saturated rings. The Bertz CT molecular complexity index is 421. The van der Waals surface area contributed by atoms with Crippen LogP contribution in [0, 0.1) is 11.3 Å². The SMILES string of the molecule is CC(=O)SCC=Cc1ccnc(C#N)c1. The molecule has 1 rings (SSSR count). The van der Waals surface area contributed by atoms with Crippen LogP contribution in [0.4, 0.5) is 0 Å². The van der Waals surface area contributed by atoms with Crippen LogP contribution in [0.1, 0.15) is 18.2 Å². The Labute approximate surface area is 92.8 Å². The summed E-state index contributed by atoms with van der Waals surface area (Å²) in [7, 11) is 0. The summed E-state index contributed by atoms with van der Waals surface area (Å²) in [5, 5.41) is 8.72. The third kappa shape index (κ3) is 4.43. The average molecular weight is 218 g/mol. The lowest BCUT2D eigenvalue weighted by molar-refractivity contribution is -0.109. The van der Waals surface area contributed by atoms with Gasteiger partial charge < -0.3 is 0 Å². The zero-order valence-electron chi connectivity index (χ0n) is 8.30. The number of nitriles is 1. The molecule has 3 nitrogen and oxygen atoms in total. The molecule has 0 aliphatic heterocycles. The molecule has 0 unspecified atom stereocenters. The highest BCUT2D eigenvalue weighted by Gasteiger charge is 1.92. The lowest BCUT2D eigenvalue weighted by atomic mass is 10.2. The summed E-state index contributed by atoms with van der Waals surface area (Å²) in [5.74, 6) is 0.652. The van der Waals surface area contributed by atoms with Crippen LogP contribution in [0.15, 0.2) is 24.4 Å². The fourth-order valence-electron chi connectivity index (χ4n) is 0.961. The van der Waals surface area contributed by atoms with Gasteiger partial charge in [0.05, 0.1) is 0 Å². The Balaban J connectivity index is 2.57. The number of hydrogen-bond donors (Lipinski definition) is 0. The minimum atomic E-state index is 0.104. The molecule has 0 N–H and O–H groups in total. The highest BCUT2D eigenvalue weighted by atomic mass is 32.2. The first-order valence-corrected chi connectivity index (χ1v) is 5.37. The third-order valence-corrected chi connectivity index (χ3v) is 2.36. The van der Waals surface area contributed by atoms with Crippen LogP contribution in [0.3, 0.4) is 0 Å². The molecule has 1 aromatic heterocycles. The zero-order valence-corrected chi connectivity index (χ0v) is 9.12. The maximum absolute atomic E-state index is 10.6. The van der Waals surface area contributed by atoms with Gasteiger partial charge in [0, 0.05) is 18.9 Å². The lowest BCUT2D eigenvalue weighted by Crippen LogP contribution is -1.83. The highest BCUT2D eigenvalue weighted by Crippen LogP contribution is 2.06. The molecule has 15 heavy (non-hydrogen) atoms. The summed E-state index contributed by atoms with van der Waals surface area (Å²) in [4.78, 5) is 14.5. The summed E-state index contributed by atoms with van der Waals surface area (Å²) in [6, 6.07) is 5.49. The van der Waals surface area contributed by atoms with E-state index in [0.717, 1.165) is 5.56 Å². The zero-order chi connectivity index (χ0) is 11.1. The van der Waals surface area contributed by atoms with E-state index in [9.17, 15) is 4.79 Å². The van der Waals surface area contributed by atoms with Crippen molar-refractivity contribution < 1.29 is 4.79 Å². The van der Waals surface area contributed by atoms with E-state index in [1.165, 1.54) is 11.8 Å². The number of carbonyl (C=O) groups excluding carboxylic acids is 1. The fourth-order valence-corrected chi connectivity index (χ4v) is 1.39. The predicted molar refractivity (Wildman–Crippen MR) is 61.1 cm³/mol. The van der Waals surface area contributed by atoms with Gasteiger partial charge >= 0.3 is 0 Å². The molecule has 0 aliphatic carbocycles. The summed E-state index contributed by atoms with van der Waals surface area (Å²) in [5.41, 5.74) is 1.32. The van der Waals surface area contributed by atoms with Crippen LogP contribution < -0.4 is 0 Å². The predicted octanol–water partition coefficient (Wildman–Crippen LogP) is 2.25. The van der Waals surface area contributed by atoms with Crippen molar-refractivity contribution in [2.45, 2.75) is 6.92 Å². The van der Waals surface area contributed by atoms with Crippen molar-refractivity contribution in [1.82, 2.24) is 4.98 Å². The van der Waals surface area contributed by atoms with Gasteiger partial charge in [0.15, 0.2) is 5.12 Å². The van der Waals surface area contributed by atoms with E-state index in [1.807, 2.05) is 24.3 Å². The molecule has 0 aromatic carbocycles. The molecule has 4 heteroatoms. The third-order valence-electron chi connectivity index (χ3n) is 1.59. The molecule has 1 aromatic rings. The normalized spacial score (nSPS) is 10.1. The first-order valence-electron chi connectivity index (χ1n) is 4.38. The molecular weight excluding hydrogens is 208 g/mol. The average Bonchev–Trinajstić information content (AvgIpc) is 2.24. The van der Waals surface area contributed by atoms with E-state index < -0.39 is 0 Å². The molecule has 0 bridgehead atoms. The van der Waals surface area contributed by atoms with Crippen LogP contribution in [0.25, 0.3) is 6.08 Å². The number of nitrogens with zero attached hydrogens (tertiary/aromatic N) is 2. The van der Waals surface area contributed by atoms with E-state index in [1.54, 1.807) is 19.2 Å². The lowest BCUT2D eigenvalue weighted by Gasteiger charge is -1.93. The smallest absolute Gasteiger partial charge is 0.186 e. The van der Waals surface area contributed by atoms with Gasteiger partial charge in [-0.05, 0) is 17.7 Å². The molecular formula is C11H10N2OS. The Hall–Kier alpha value is -1.60. The van der Waals surface area contributed by atoms with Crippen LogP contribution in [0.5, 0.6) is 0 Å². The number of thioether (sulfide) groups is 1. The van der Waals surface area contributed by atoms with E-state index >= 15 is 0 Å². The van der Waals surface area contributed by atoms with Gasteiger partial charge in [0.1, 0.15) is 11.8 Å². The molecule has 76 valence electrons. The molecule has 0 spiro atoms. The van der Waals surface area contributed by atoms with Crippen molar-refractivity contribution >= 4 is 23.0 Å². The second-order valence-electron chi connectivity index (χ2n) is 2.79. The molecule has 0 saturated heterocycles. The first-order chi connectivity index (χ1) is 7.22. The summed E-state index contributed by atoms with van der Waals surface area (Å²) < 4.78 is 0. The van der Waals surface area contributed by atoms with Gasteiger partial charge in [-0.3, -0.25) is 4.79 Å². The summed E-state index contributed by atoms with van der Waals surface area (Å²) >= 11 is 1.25.